The highest BCUT2D eigenvalue weighted by molar-refractivity contribution is 14.1. The molecule has 3 nitrogen and oxygen atoms in total. The Balaban J connectivity index is 2.04. The van der Waals surface area contributed by atoms with Gasteiger partial charge in [0.05, 0.1) is 0 Å². The molecular formula is C17H15IO3. The summed E-state index contributed by atoms with van der Waals surface area (Å²) in [6.07, 6.45) is 2.09. The van der Waals surface area contributed by atoms with Crippen LogP contribution in [0.5, 0.6) is 11.5 Å². The van der Waals surface area contributed by atoms with Gasteiger partial charge in [-0.2, -0.15) is 0 Å². The van der Waals surface area contributed by atoms with E-state index in [1.54, 1.807) is 0 Å². The Bertz CT molecular complexity index is 681. The van der Waals surface area contributed by atoms with E-state index in [2.05, 4.69) is 22.6 Å². The first-order chi connectivity index (χ1) is 10.2. The van der Waals surface area contributed by atoms with Crippen molar-refractivity contribution in [1.29, 1.82) is 0 Å². The first-order valence-electron chi connectivity index (χ1n) is 6.89. The van der Waals surface area contributed by atoms with Gasteiger partial charge in [-0.15, -0.1) is 0 Å². The number of ether oxygens (including phenoxy) is 1. The molecule has 0 amide bonds. The van der Waals surface area contributed by atoms with Crippen LogP contribution < -0.4 is 4.74 Å². The fourth-order valence-corrected chi connectivity index (χ4v) is 3.08. The molecule has 1 aliphatic rings. The highest BCUT2D eigenvalue weighted by Crippen LogP contribution is 2.44. The number of hydrogen-bond donors (Lipinski definition) is 1. The lowest BCUT2D eigenvalue weighted by Crippen LogP contribution is -2.18. The minimum atomic E-state index is -0.841. The predicted octanol–water partition coefficient (Wildman–Crippen LogP) is 4.38. The SMILES string of the molecule is O=C(O)C1c2ccccc2Oc2cc(CCCI)ccc21. The summed E-state index contributed by atoms with van der Waals surface area (Å²) in [7, 11) is 0. The topological polar surface area (TPSA) is 46.5 Å². The molecule has 0 aliphatic carbocycles. The minimum Gasteiger partial charge on any atom is -0.481 e. The van der Waals surface area contributed by atoms with Crippen LogP contribution in [0.3, 0.4) is 0 Å². The van der Waals surface area contributed by atoms with E-state index in [-0.39, 0.29) is 0 Å². The molecule has 0 fully saturated rings. The van der Waals surface area contributed by atoms with Crippen molar-refractivity contribution in [3.05, 3.63) is 59.2 Å². The molecule has 0 radical (unpaired) electrons. The van der Waals surface area contributed by atoms with E-state index in [4.69, 9.17) is 4.74 Å². The molecular weight excluding hydrogens is 379 g/mol. The molecule has 1 unspecified atom stereocenters. The first-order valence-corrected chi connectivity index (χ1v) is 8.41. The Morgan fingerprint density at radius 1 is 1.14 bits per heavy atom. The number of halogens is 1. The Hall–Kier alpha value is -1.56. The average molecular weight is 394 g/mol. The molecule has 0 saturated heterocycles. The van der Waals surface area contributed by atoms with Crippen LogP contribution in [0, 0.1) is 0 Å². The van der Waals surface area contributed by atoms with E-state index in [1.807, 2.05) is 42.5 Å². The number of para-hydroxylation sites is 1. The number of carboxylic acids is 1. The minimum absolute atomic E-state index is 0.642. The molecule has 1 N–H and O–H groups in total. The van der Waals surface area contributed by atoms with Gasteiger partial charge in [-0.3, -0.25) is 4.79 Å². The van der Waals surface area contributed by atoms with Crippen molar-refractivity contribution >= 4 is 28.6 Å². The van der Waals surface area contributed by atoms with Gasteiger partial charge in [0.2, 0.25) is 0 Å². The molecule has 1 heterocycles. The molecule has 2 aromatic carbocycles. The lowest BCUT2D eigenvalue weighted by Gasteiger charge is -2.26. The van der Waals surface area contributed by atoms with Gasteiger partial charge < -0.3 is 9.84 Å². The van der Waals surface area contributed by atoms with Crippen LogP contribution in [-0.4, -0.2) is 15.5 Å². The third-order valence-electron chi connectivity index (χ3n) is 3.68. The highest BCUT2D eigenvalue weighted by Gasteiger charge is 2.32. The maximum atomic E-state index is 11.7. The fourth-order valence-electron chi connectivity index (χ4n) is 2.70. The van der Waals surface area contributed by atoms with E-state index >= 15 is 0 Å². The van der Waals surface area contributed by atoms with E-state index in [1.165, 1.54) is 5.56 Å². The molecule has 0 spiro atoms. The molecule has 3 rings (SSSR count). The zero-order chi connectivity index (χ0) is 14.8. The van der Waals surface area contributed by atoms with Crippen molar-refractivity contribution in [3.8, 4) is 11.5 Å². The smallest absolute Gasteiger partial charge is 0.315 e. The highest BCUT2D eigenvalue weighted by atomic mass is 127. The monoisotopic (exact) mass is 394 g/mol. The Morgan fingerprint density at radius 3 is 2.67 bits per heavy atom. The van der Waals surface area contributed by atoms with Crippen LogP contribution in [0.2, 0.25) is 0 Å². The summed E-state index contributed by atoms with van der Waals surface area (Å²) in [5.41, 5.74) is 2.64. The number of carboxylic acid groups (broad SMARTS) is 1. The quantitative estimate of drug-likeness (QED) is 0.619. The number of rotatable bonds is 4. The van der Waals surface area contributed by atoms with Gasteiger partial charge in [0, 0.05) is 11.1 Å². The largest absolute Gasteiger partial charge is 0.481 e. The Kier molecular flexibility index (Phi) is 4.14. The van der Waals surface area contributed by atoms with Crippen LogP contribution in [0.1, 0.15) is 29.0 Å². The predicted molar refractivity (Wildman–Crippen MR) is 89.6 cm³/mol. The number of alkyl halides is 1. The van der Waals surface area contributed by atoms with Crippen molar-refractivity contribution in [2.45, 2.75) is 18.8 Å². The number of aryl methyl sites for hydroxylation is 1. The first kappa shape index (κ1) is 14.4. The zero-order valence-corrected chi connectivity index (χ0v) is 13.5. The summed E-state index contributed by atoms with van der Waals surface area (Å²) in [5, 5.41) is 9.59. The molecule has 108 valence electrons. The van der Waals surface area contributed by atoms with Crippen LogP contribution in [0.25, 0.3) is 0 Å². The third kappa shape index (κ3) is 2.77. The van der Waals surface area contributed by atoms with Crippen molar-refractivity contribution in [2.75, 3.05) is 4.43 Å². The van der Waals surface area contributed by atoms with Crippen molar-refractivity contribution < 1.29 is 14.6 Å². The van der Waals surface area contributed by atoms with Gasteiger partial charge in [0.15, 0.2) is 0 Å². The van der Waals surface area contributed by atoms with Crippen molar-refractivity contribution in [2.24, 2.45) is 0 Å². The lowest BCUT2D eigenvalue weighted by molar-refractivity contribution is -0.137. The van der Waals surface area contributed by atoms with Crippen LogP contribution in [0.4, 0.5) is 0 Å². The number of benzene rings is 2. The molecule has 0 aromatic heterocycles. The molecule has 4 heteroatoms. The Labute approximate surface area is 137 Å². The molecule has 1 aliphatic heterocycles. The van der Waals surface area contributed by atoms with Gasteiger partial charge in [0.1, 0.15) is 17.4 Å². The summed E-state index contributed by atoms with van der Waals surface area (Å²) in [6, 6.07) is 13.2. The van der Waals surface area contributed by atoms with Gasteiger partial charge in [0.25, 0.3) is 0 Å². The average Bonchev–Trinajstić information content (AvgIpc) is 2.49. The van der Waals surface area contributed by atoms with E-state index in [0.717, 1.165) is 28.4 Å². The molecule has 0 bridgehead atoms. The van der Waals surface area contributed by atoms with Gasteiger partial charge in [-0.25, -0.2) is 0 Å². The van der Waals surface area contributed by atoms with Crippen molar-refractivity contribution in [1.82, 2.24) is 0 Å². The summed E-state index contributed by atoms with van der Waals surface area (Å²) in [6.45, 7) is 0. The second-order valence-electron chi connectivity index (χ2n) is 5.08. The maximum absolute atomic E-state index is 11.7. The number of fused-ring (bicyclic) bond motifs is 2. The van der Waals surface area contributed by atoms with Crippen LogP contribution >= 0.6 is 22.6 Å². The van der Waals surface area contributed by atoms with Gasteiger partial charge in [-0.1, -0.05) is 52.9 Å². The standard InChI is InChI=1S/C17H15IO3/c18-9-3-4-11-7-8-13-15(10-11)21-14-6-2-1-5-12(14)16(13)17(19)20/h1-2,5-8,10,16H,3-4,9H2,(H,19,20). The summed E-state index contributed by atoms with van der Waals surface area (Å²) >= 11 is 2.36. The second kappa shape index (κ2) is 6.05. The van der Waals surface area contributed by atoms with Crippen LogP contribution in [-0.2, 0) is 11.2 Å². The summed E-state index contributed by atoms with van der Waals surface area (Å²) in [5.74, 6) is -0.175. The number of hydrogen-bond acceptors (Lipinski definition) is 2. The number of carbonyl (C=O) groups is 1. The van der Waals surface area contributed by atoms with Crippen LogP contribution in [0.15, 0.2) is 42.5 Å². The van der Waals surface area contributed by atoms with Crippen molar-refractivity contribution in [3.63, 3.8) is 0 Å². The Morgan fingerprint density at radius 2 is 1.90 bits per heavy atom. The fraction of sp³-hybridized carbons (Fsp3) is 0.235. The number of aliphatic carboxylic acids is 1. The lowest BCUT2D eigenvalue weighted by atomic mass is 9.87. The summed E-state index contributed by atoms with van der Waals surface area (Å²) in [4.78, 5) is 11.7. The van der Waals surface area contributed by atoms with E-state index < -0.39 is 11.9 Å². The normalized spacial score (nSPS) is 15.8. The summed E-state index contributed by atoms with van der Waals surface area (Å²) < 4.78 is 7.02. The van der Waals surface area contributed by atoms with E-state index in [0.29, 0.717) is 11.5 Å². The molecule has 2 aromatic rings. The molecule has 0 saturated carbocycles. The molecule has 1 atom stereocenters. The molecule has 21 heavy (non-hydrogen) atoms. The third-order valence-corrected chi connectivity index (χ3v) is 4.45. The van der Waals surface area contributed by atoms with Gasteiger partial charge >= 0.3 is 5.97 Å². The second-order valence-corrected chi connectivity index (χ2v) is 6.15. The zero-order valence-electron chi connectivity index (χ0n) is 11.4. The van der Waals surface area contributed by atoms with Gasteiger partial charge in [-0.05, 0) is 35.0 Å². The maximum Gasteiger partial charge on any atom is 0.315 e. The van der Waals surface area contributed by atoms with E-state index in [9.17, 15) is 9.90 Å².